The van der Waals surface area contributed by atoms with Gasteiger partial charge in [-0.1, -0.05) is 36.8 Å². The molecule has 1 aromatic heterocycles. The Morgan fingerprint density at radius 3 is 3.00 bits per heavy atom. The number of anilines is 2. The third kappa shape index (κ3) is 4.12. The average Bonchev–Trinajstić information content (AvgIpc) is 3.01. The minimum atomic E-state index is -0.438. The van der Waals surface area contributed by atoms with Gasteiger partial charge in [0.25, 0.3) is 0 Å². The van der Waals surface area contributed by atoms with Crippen molar-refractivity contribution in [2.24, 2.45) is 0 Å². The molecule has 8 heteroatoms. The maximum Gasteiger partial charge on any atom is 0.238 e. The van der Waals surface area contributed by atoms with Crippen LogP contribution < -0.4 is 10.6 Å². The first-order chi connectivity index (χ1) is 11.7. The van der Waals surface area contributed by atoms with Crippen LogP contribution in [-0.2, 0) is 16.0 Å². The predicted molar refractivity (Wildman–Crippen MR) is 96.5 cm³/mol. The van der Waals surface area contributed by atoms with Gasteiger partial charge in [-0.2, -0.15) is 0 Å². The van der Waals surface area contributed by atoms with E-state index in [0.29, 0.717) is 5.13 Å². The summed E-state index contributed by atoms with van der Waals surface area (Å²) in [6.07, 6.45) is 3.13. The molecule has 3 rings (SSSR count). The summed E-state index contributed by atoms with van der Waals surface area (Å²) in [6, 6.07) is 7.59. The van der Waals surface area contributed by atoms with E-state index >= 15 is 0 Å². The van der Waals surface area contributed by atoms with E-state index in [-0.39, 0.29) is 18.2 Å². The number of nitrogens with zero attached hydrogens (tertiary/aromatic N) is 2. The SMILES string of the molecule is CCCCc1nnc(NC(=O)CC2Sc3ccccc3NC2=O)s1. The van der Waals surface area contributed by atoms with Gasteiger partial charge in [0.1, 0.15) is 5.01 Å². The van der Waals surface area contributed by atoms with E-state index in [1.807, 2.05) is 24.3 Å². The standard InChI is InChI=1S/C16H18N4O2S2/c1-2-3-8-14-19-20-16(24-14)18-13(21)9-12-15(22)17-10-6-4-5-7-11(10)23-12/h4-7,12H,2-3,8-9H2,1H3,(H,17,22)(H,18,20,21). The average molecular weight is 362 g/mol. The Morgan fingerprint density at radius 1 is 1.33 bits per heavy atom. The third-order valence-corrected chi connectivity index (χ3v) is 5.71. The molecule has 1 atom stereocenters. The van der Waals surface area contributed by atoms with Gasteiger partial charge >= 0.3 is 0 Å². The summed E-state index contributed by atoms with van der Waals surface area (Å²) in [6.45, 7) is 2.12. The van der Waals surface area contributed by atoms with Gasteiger partial charge < -0.3 is 10.6 Å². The van der Waals surface area contributed by atoms with E-state index in [1.165, 1.54) is 23.1 Å². The maximum atomic E-state index is 12.2. The first-order valence-electron chi connectivity index (χ1n) is 7.84. The molecule has 0 radical (unpaired) electrons. The van der Waals surface area contributed by atoms with Crippen LogP contribution in [-0.4, -0.2) is 27.3 Å². The van der Waals surface area contributed by atoms with Crippen LogP contribution >= 0.6 is 23.1 Å². The fourth-order valence-electron chi connectivity index (χ4n) is 2.30. The highest BCUT2D eigenvalue weighted by molar-refractivity contribution is 8.01. The van der Waals surface area contributed by atoms with Crippen molar-refractivity contribution >= 4 is 45.7 Å². The topological polar surface area (TPSA) is 84.0 Å². The Hall–Kier alpha value is -1.93. The highest BCUT2D eigenvalue weighted by Crippen LogP contribution is 2.36. The van der Waals surface area contributed by atoms with Crippen molar-refractivity contribution in [2.75, 3.05) is 10.6 Å². The lowest BCUT2D eigenvalue weighted by Crippen LogP contribution is -2.32. The van der Waals surface area contributed by atoms with Crippen molar-refractivity contribution in [3.05, 3.63) is 29.3 Å². The Morgan fingerprint density at radius 2 is 2.17 bits per heavy atom. The van der Waals surface area contributed by atoms with Gasteiger partial charge in [-0.25, -0.2) is 0 Å². The van der Waals surface area contributed by atoms with E-state index in [1.54, 1.807) is 0 Å². The molecular formula is C16H18N4O2S2. The van der Waals surface area contributed by atoms with E-state index in [0.717, 1.165) is 34.9 Å². The molecule has 1 aromatic carbocycles. The second kappa shape index (κ2) is 7.76. The second-order valence-corrected chi connectivity index (χ2v) is 7.76. The maximum absolute atomic E-state index is 12.2. The van der Waals surface area contributed by atoms with E-state index in [9.17, 15) is 9.59 Å². The molecule has 1 unspecified atom stereocenters. The van der Waals surface area contributed by atoms with Crippen LogP contribution in [0.4, 0.5) is 10.8 Å². The van der Waals surface area contributed by atoms with Crippen LogP contribution in [0.3, 0.4) is 0 Å². The number of rotatable bonds is 6. The van der Waals surface area contributed by atoms with Crippen LogP contribution in [0, 0.1) is 0 Å². The lowest BCUT2D eigenvalue weighted by Gasteiger charge is -2.23. The summed E-state index contributed by atoms with van der Waals surface area (Å²) in [4.78, 5) is 25.3. The summed E-state index contributed by atoms with van der Waals surface area (Å²) in [5, 5.41) is 14.6. The van der Waals surface area contributed by atoms with Crippen LogP contribution in [0.25, 0.3) is 0 Å². The molecular weight excluding hydrogens is 344 g/mol. The van der Waals surface area contributed by atoms with Gasteiger partial charge in [-0.15, -0.1) is 22.0 Å². The van der Waals surface area contributed by atoms with E-state index < -0.39 is 5.25 Å². The zero-order valence-electron chi connectivity index (χ0n) is 13.2. The zero-order valence-corrected chi connectivity index (χ0v) is 14.9. The van der Waals surface area contributed by atoms with Gasteiger partial charge in [-0.05, 0) is 18.6 Å². The molecule has 2 amide bonds. The van der Waals surface area contributed by atoms with E-state index in [4.69, 9.17) is 0 Å². The number of thioether (sulfide) groups is 1. The monoisotopic (exact) mass is 362 g/mol. The number of aryl methyl sites for hydroxylation is 1. The lowest BCUT2D eigenvalue weighted by atomic mass is 10.2. The van der Waals surface area contributed by atoms with Crippen molar-refractivity contribution in [1.82, 2.24) is 10.2 Å². The smallest absolute Gasteiger partial charge is 0.238 e. The van der Waals surface area contributed by atoms with Crippen LogP contribution in [0.2, 0.25) is 0 Å². The third-order valence-electron chi connectivity index (χ3n) is 3.53. The minimum absolute atomic E-state index is 0.106. The summed E-state index contributed by atoms with van der Waals surface area (Å²) in [5.41, 5.74) is 0.800. The molecule has 0 saturated heterocycles. The quantitative estimate of drug-likeness (QED) is 0.823. The largest absolute Gasteiger partial charge is 0.324 e. The summed E-state index contributed by atoms with van der Waals surface area (Å²) in [5.74, 6) is -0.366. The van der Waals surface area contributed by atoms with Crippen molar-refractivity contribution < 1.29 is 9.59 Å². The van der Waals surface area contributed by atoms with Crippen molar-refractivity contribution in [3.8, 4) is 0 Å². The fraction of sp³-hybridized carbons (Fsp3) is 0.375. The summed E-state index contributed by atoms with van der Waals surface area (Å²) < 4.78 is 0. The summed E-state index contributed by atoms with van der Waals surface area (Å²) in [7, 11) is 0. The molecule has 6 nitrogen and oxygen atoms in total. The molecule has 2 N–H and O–H groups in total. The molecule has 126 valence electrons. The number of carbonyl (C=O) groups is 2. The molecule has 24 heavy (non-hydrogen) atoms. The van der Waals surface area contributed by atoms with Crippen LogP contribution in [0.5, 0.6) is 0 Å². The van der Waals surface area contributed by atoms with Crippen molar-refractivity contribution in [2.45, 2.75) is 42.8 Å². The minimum Gasteiger partial charge on any atom is -0.324 e. The van der Waals surface area contributed by atoms with E-state index in [2.05, 4.69) is 27.8 Å². The molecule has 1 aliphatic rings. The normalized spacial score (nSPS) is 16.4. The molecule has 0 saturated carbocycles. The van der Waals surface area contributed by atoms with Gasteiger partial charge in [0, 0.05) is 17.7 Å². The molecule has 0 fully saturated rings. The number of benzene rings is 1. The fourth-order valence-corrected chi connectivity index (χ4v) is 4.21. The van der Waals surface area contributed by atoms with Crippen molar-refractivity contribution in [3.63, 3.8) is 0 Å². The summed E-state index contributed by atoms with van der Waals surface area (Å²) >= 11 is 2.81. The Bertz CT molecular complexity index is 747. The molecule has 2 aromatic rings. The highest BCUT2D eigenvalue weighted by Gasteiger charge is 2.29. The number of hydrogen-bond acceptors (Lipinski definition) is 6. The number of carbonyl (C=O) groups excluding carboxylic acids is 2. The Kier molecular flexibility index (Phi) is 5.47. The first kappa shape index (κ1) is 16.9. The molecule has 2 heterocycles. The number of nitrogens with one attached hydrogen (secondary N) is 2. The Labute approximate surface area is 148 Å². The number of aromatic nitrogens is 2. The number of amides is 2. The number of hydrogen-bond donors (Lipinski definition) is 2. The molecule has 1 aliphatic heterocycles. The number of para-hydroxylation sites is 1. The highest BCUT2D eigenvalue weighted by atomic mass is 32.2. The van der Waals surface area contributed by atoms with Crippen molar-refractivity contribution in [1.29, 1.82) is 0 Å². The van der Waals surface area contributed by atoms with Gasteiger partial charge in [-0.3, -0.25) is 9.59 Å². The molecule has 0 bridgehead atoms. The van der Waals surface area contributed by atoms with Crippen LogP contribution in [0.1, 0.15) is 31.2 Å². The number of fused-ring (bicyclic) bond motifs is 1. The van der Waals surface area contributed by atoms with Gasteiger partial charge in [0.2, 0.25) is 16.9 Å². The number of unbranched alkanes of at least 4 members (excludes halogenated alkanes) is 1. The molecule has 0 aliphatic carbocycles. The first-order valence-corrected chi connectivity index (χ1v) is 9.54. The lowest BCUT2D eigenvalue weighted by molar-refractivity contribution is -0.120. The Balaban J connectivity index is 1.57. The zero-order chi connectivity index (χ0) is 16.9. The van der Waals surface area contributed by atoms with Crippen LogP contribution in [0.15, 0.2) is 29.2 Å². The molecule has 0 spiro atoms. The predicted octanol–water partition coefficient (Wildman–Crippen LogP) is 3.32. The van der Waals surface area contributed by atoms with Gasteiger partial charge in [0.05, 0.1) is 10.9 Å². The second-order valence-electron chi connectivity index (χ2n) is 5.45. The van der Waals surface area contributed by atoms with Gasteiger partial charge in [0.15, 0.2) is 0 Å².